The molecule has 0 aromatic heterocycles. The molecule has 1 aromatic rings. The average molecular weight is 539 g/mol. The topological polar surface area (TPSA) is 120 Å². The van der Waals surface area contributed by atoms with Crippen molar-refractivity contribution in [3.05, 3.63) is 88.9 Å². The van der Waals surface area contributed by atoms with Crippen molar-refractivity contribution in [1.82, 2.24) is 14.5 Å². The second-order valence-corrected chi connectivity index (χ2v) is 11.8. The van der Waals surface area contributed by atoms with Gasteiger partial charge < -0.3 is 9.64 Å². The molecule has 0 saturated heterocycles. The predicted molar refractivity (Wildman–Crippen MR) is 146 cm³/mol. The van der Waals surface area contributed by atoms with E-state index in [4.69, 9.17) is 4.74 Å². The minimum absolute atomic E-state index is 0.0403. The van der Waals surface area contributed by atoms with Crippen LogP contribution in [-0.2, 0) is 19.6 Å². The zero-order valence-corrected chi connectivity index (χ0v) is 23.6. The van der Waals surface area contributed by atoms with E-state index < -0.39 is 27.5 Å². The molecule has 1 aliphatic rings. The summed E-state index contributed by atoms with van der Waals surface area (Å²) >= 11 is 0. The van der Waals surface area contributed by atoms with Gasteiger partial charge >= 0.3 is 6.09 Å². The fourth-order valence-electron chi connectivity index (χ4n) is 3.42. The summed E-state index contributed by atoms with van der Waals surface area (Å²) in [5.41, 5.74) is 0.726. The lowest BCUT2D eigenvalue weighted by atomic mass is 10.1. The predicted octanol–water partition coefficient (Wildman–Crippen LogP) is 4.33. The fraction of sp³-hybridized carbons (Fsp3) is 0.321. The Morgan fingerprint density at radius 3 is 2.29 bits per heavy atom. The van der Waals surface area contributed by atoms with Crippen LogP contribution in [-0.4, -0.2) is 55.7 Å². The molecular weight excluding hydrogens is 504 g/mol. The Morgan fingerprint density at radius 2 is 1.76 bits per heavy atom. The smallest absolute Gasteiger partial charge is 0.412 e. The maximum Gasteiger partial charge on any atom is 0.412 e. The molecule has 0 saturated carbocycles. The van der Waals surface area contributed by atoms with Gasteiger partial charge in [0, 0.05) is 26.0 Å². The Bertz CT molecular complexity index is 1380. The molecule has 1 aromatic carbocycles. The standard InChI is InChI=1S/C28H34N4O5S/c1-19-9-11-23(12-10-19)38(35,36)32-14-13-24(30-27(34)37-28(4,5)6)21(3)15-20(2)16-25(32)26(33)22(17-29)18-31(7)8/h9-13,15-16,18H,2,14H2,1,3-8H3,(H,30,34)/b21-15-,22-18+,24-13+,25-16?. The van der Waals surface area contributed by atoms with Gasteiger partial charge in [0.05, 0.1) is 11.4 Å². The Balaban J connectivity index is 2.73. The normalized spacial score (nSPS) is 17.8. The summed E-state index contributed by atoms with van der Waals surface area (Å²) in [6, 6.07) is 8.05. The molecule has 0 aliphatic carbocycles. The largest absolute Gasteiger partial charge is 0.444 e. The molecule has 0 atom stereocenters. The van der Waals surface area contributed by atoms with Crippen LogP contribution in [0.2, 0.25) is 0 Å². The first kappa shape index (κ1) is 30.1. The van der Waals surface area contributed by atoms with Crippen LogP contribution < -0.4 is 5.32 Å². The first-order chi connectivity index (χ1) is 17.5. The van der Waals surface area contributed by atoms with Gasteiger partial charge in [0.15, 0.2) is 0 Å². The number of benzene rings is 1. The fourth-order valence-corrected chi connectivity index (χ4v) is 4.82. The molecule has 202 valence electrons. The van der Waals surface area contributed by atoms with Crippen LogP contribution in [0, 0.1) is 18.3 Å². The lowest BCUT2D eigenvalue weighted by Gasteiger charge is -2.26. The molecule has 2 rings (SSSR count). The number of nitrogens with one attached hydrogen (secondary N) is 1. The van der Waals surface area contributed by atoms with Crippen molar-refractivity contribution in [2.24, 2.45) is 0 Å². The van der Waals surface area contributed by atoms with E-state index in [-0.39, 0.29) is 34.0 Å². The monoisotopic (exact) mass is 538 g/mol. The Kier molecular flexibility index (Phi) is 9.48. The molecule has 1 heterocycles. The Hall–Kier alpha value is -4.10. The summed E-state index contributed by atoms with van der Waals surface area (Å²) in [5, 5.41) is 12.3. The number of rotatable bonds is 6. The summed E-state index contributed by atoms with van der Waals surface area (Å²) in [5.74, 6) is -0.791. The highest BCUT2D eigenvalue weighted by Crippen LogP contribution is 2.27. The molecule has 0 fully saturated rings. The van der Waals surface area contributed by atoms with Crippen LogP contribution in [0.15, 0.2) is 88.3 Å². The minimum Gasteiger partial charge on any atom is -0.444 e. The maximum atomic E-state index is 13.9. The number of hydrogen-bond donors (Lipinski definition) is 1. The molecule has 1 amide bonds. The molecule has 38 heavy (non-hydrogen) atoms. The highest BCUT2D eigenvalue weighted by molar-refractivity contribution is 7.89. The van der Waals surface area contributed by atoms with E-state index in [0.29, 0.717) is 5.57 Å². The second-order valence-electron chi connectivity index (χ2n) is 9.97. The van der Waals surface area contributed by atoms with Crippen LogP contribution in [0.1, 0.15) is 33.3 Å². The van der Waals surface area contributed by atoms with Crippen molar-refractivity contribution in [2.45, 2.75) is 45.1 Å². The van der Waals surface area contributed by atoms with Crippen LogP contribution in [0.4, 0.5) is 4.79 Å². The van der Waals surface area contributed by atoms with Gasteiger partial charge in [0.25, 0.3) is 10.0 Å². The van der Waals surface area contributed by atoms with Crippen molar-refractivity contribution >= 4 is 21.9 Å². The lowest BCUT2D eigenvalue weighted by molar-refractivity contribution is -0.112. The number of ketones is 1. The SMILES string of the molecule is C=C1C=C(C(=O)/C(C#N)=C/N(C)C)N(S(=O)(=O)c2ccc(C)cc2)C/C=C(NC(=O)OC(C)(C)C)\C(C)=C/1. The number of nitrogens with zero attached hydrogens (tertiary/aromatic N) is 3. The number of carbonyl (C=O) groups excluding carboxylic acids is 2. The van der Waals surface area contributed by atoms with E-state index in [9.17, 15) is 23.3 Å². The Morgan fingerprint density at radius 1 is 1.16 bits per heavy atom. The number of sulfonamides is 1. The summed E-state index contributed by atoms with van der Waals surface area (Å²) in [6.45, 7) is 12.3. The van der Waals surface area contributed by atoms with Gasteiger partial charge in [-0.3, -0.25) is 14.4 Å². The Labute approximate surface area is 225 Å². The molecule has 1 N–H and O–H groups in total. The van der Waals surface area contributed by atoms with Crippen molar-refractivity contribution in [1.29, 1.82) is 5.26 Å². The third kappa shape index (κ3) is 7.95. The van der Waals surface area contributed by atoms with Gasteiger partial charge in [0.1, 0.15) is 22.9 Å². The quantitative estimate of drug-likeness (QED) is 0.423. The summed E-state index contributed by atoms with van der Waals surface area (Å²) in [6.07, 6.45) is 4.99. The summed E-state index contributed by atoms with van der Waals surface area (Å²) in [7, 11) is -0.991. The van der Waals surface area contributed by atoms with Gasteiger partial charge in [-0.05, 0) is 70.0 Å². The first-order valence-electron chi connectivity index (χ1n) is 11.8. The lowest BCUT2D eigenvalue weighted by Crippen LogP contribution is -2.36. The van der Waals surface area contributed by atoms with Gasteiger partial charge in [-0.2, -0.15) is 5.26 Å². The first-order valence-corrected chi connectivity index (χ1v) is 13.2. The molecule has 0 unspecified atom stereocenters. The van der Waals surface area contributed by atoms with Crippen LogP contribution in [0.3, 0.4) is 0 Å². The van der Waals surface area contributed by atoms with Gasteiger partial charge in [-0.25, -0.2) is 13.2 Å². The van der Waals surface area contributed by atoms with E-state index in [1.54, 1.807) is 60.0 Å². The number of carbonyl (C=O) groups is 2. The molecule has 10 heteroatoms. The van der Waals surface area contributed by atoms with Crippen molar-refractivity contribution in [2.75, 3.05) is 20.6 Å². The van der Waals surface area contributed by atoms with Crippen molar-refractivity contribution < 1.29 is 22.7 Å². The number of amides is 1. The van der Waals surface area contributed by atoms with Crippen LogP contribution >= 0.6 is 0 Å². The molecule has 0 bridgehead atoms. The van der Waals surface area contributed by atoms with E-state index in [1.165, 1.54) is 35.4 Å². The van der Waals surface area contributed by atoms with Crippen LogP contribution in [0.25, 0.3) is 0 Å². The summed E-state index contributed by atoms with van der Waals surface area (Å²) < 4.78 is 34.0. The number of allylic oxidation sites excluding steroid dienone is 5. The number of ether oxygens (including phenoxy) is 1. The van der Waals surface area contributed by atoms with Gasteiger partial charge in [0.2, 0.25) is 5.78 Å². The third-order valence-corrected chi connectivity index (χ3v) is 6.90. The van der Waals surface area contributed by atoms with Gasteiger partial charge in [-0.15, -0.1) is 0 Å². The number of alkyl carbamates (subject to hydrolysis) is 1. The van der Waals surface area contributed by atoms with Gasteiger partial charge in [-0.1, -0.05) is 30.4 Å². The maximum absolute atomic E-state index is 13.9. The summed E-state index contributed by atoms with van der Waals surface area (Å²) in [4.78, 5) is 27.5. The highest BCUT2D eigenvalue weighted by atomic mass is 32.2. The number of nitriles is 1. The average Bonchev–Trinajstić information content (AvgIpc) is 2.84. The van der Waals surface area contributed by atoms with Crippen LogP contribution in [0.5, 0.6) is 0 Å². The van der Waals surface area contributed by atoms with E-state index in [2.05, 4.69) is 11.9 Å². The molecule has 0 spiro atoms. The molecule has 0 radical (unpaired) electrons. The number of aryl methyl sites for hydroxylation is 1. The number of hydrogen-bond acceptors (Lipinski definition) is 7. The minimum atomic E-state index is -4.28. The molecule has 9 nitrogen and oxygen atoms in total. The third-order valence-electron chi connectivity index (χ3n) is 5.11. The van der Waals surface area contributed by atoms with E-state index in [0.717, 1.165) is 9.87 Å². The van der Waals surface area contributed by atoms with Crippen molar-refractivity contribution in [3.8, 4) is 6.07 Å². The van der Waals surface area contributed by atoms with Crippen molar-refractivity contribution in [3.63, 3.8) is 0 Å². The molecule has 1 aliphatic heterocycles. The molecular formula is C28H34N4O5S. The number of Topliss-reactive ketones (excluding diaryl/α,β-unsaturated/α-hetero) is 1. The second kappa shape index (κ2) is 12.0. The highest BCUT2D eigenvalue weighted by Gasteiger charge is 2.32. The zero-order chi connectivity index (χ0) is 28.8. The zero-order valence-electron chi connectivity index (χ0n) is 22.8. The van der Waals surface area contributed by atoms with E-state index >= 15 is 0 Å². The van der Waals surface area contributed by atoms with E-state index in [1.807, 2.05) is 13.0 Å².